The number of aromatic nitrogens is 4. The number of pyridine rings is 1. The maximum Gasteiger partial charge on any atom is 0.159 e. The lowest BCUT2D eigenvalue weighted by atomic mass is 10.1. The number of fused-ring (bicyclic) bond motifs is 4. The van der Waals surface area contributed by atoms with E-state index in [0.717, 1.165) is 33.3 Å². The van der Waals surface area contributed by atoms with Crippen LogP contribution in [0.5, 0.6) is 0 Å². The van der Waals surface area contributed by atoms with Gasteiger partial charge in [-0.2, -0.15) is 0 Å². The molecule has 4 aromatic heterocycles. The summed E-state index contributed by atoms with van der Waals surface area (Å²) in [6.07, 6.45) is 8.94. The van der Waals surface area contributed by atoms with Crippen LogP contribution in [0.3, 0.4) is 0 Å². The molecule has 28 heavy (non-hydrogen) atoms. The number of benzene rings is 2. The van der Waals surface area contributed by atoms with Crippen LogP contribution in [0, 0.1) is 0 Å². The summed E-state index contributed by atoms with van der Waals surface area (Å²) in [6.45, 7) is 0. The summed E-state index contributed by atoms with van der Waals surface area (Å²) >= 11 is 0. The molecule has 132 valence electrons. The maximum atomic E-state index is 5.64. The van der Waals surface area contributed by atoms with Gasteiger partial charge in [-0.05, 0) is 30.3 Å². The van der Waals surface area contributed by atoms with Crippen molar-refractivity contribution in [1.29, 1.82) is 0 Å². The Morgan fingerprint density at radius 3 is 2.46 bits per heavy atom. The Kier molecular flexibility index (Phi) is 3.10. The van der Waals surface area contributed by atoms with Crippen molar-refractivity contribution >= 4 is 32.8 Å². The zero-order valence-electron chi connectivity index (χ0n) is 14.8. The molecule has 0 atom stereocenters. The van der Waals surface area contributed by atoms with Gasteiger partial charge >= 0.3 is 0 Å². The maximum absolute atomic E-state index is 5.64. The van der Waals surface area contributed by atoms with E-state index in [-0.39, 0.29) is 0 Å². The van der Waals surface area contributed by atoms with Gasteiger partial charge in [0.2, 0.25) is 0 Å². The molecule has 0 N–H and O–H groups in total. The van der Waals surface area contributed by atoms with Crippen LogP contribution < -0.4 is 0 Å². The summed E-state index contributed by atoms with van der Waals surface area (Å²) in [6, 6.07) is 18.4. The topological polar surface area (TPSA) is 56.7 Å². The molecular weight excluding hydrogens is 348 g/mol. The van der Waals surface area contributed by atoms with Crippen molar-refractivity contribution in [3.05, 3.63) is 85.6 Å². The third kappa shape index (κ3) is 2.16. The predicted molar refractivity (Wildman–Crippen MR) is 109 cm³/mol. The minimum atomic E-state index is 0.681. The Bertz CT molecular complexity index is 1450. The van der Waals surface area contributed by atoms with E-state index in [1.807, 2.05) is 36.7 Å². The van der Waals surface area contributed by atoms with E-state index in [4.69, 9.17) is 4.42 Å². The molecule has 0 radical (unpaired) electrons. The number of nitrogens with zero attached hydrogens (tertiary/aromatic N) is 4. The van der Waals surface area contributed by atoms with Gasteiger partial charge in [0, 0.05) is 40.2 Å². The first-order valence-corrected chi connectivity index (χ1v) is 9.02. The van der Waals surface area contributed by atoms with Crippen LogP contribution in [-0.2, 0) is 0 Å². The normalized spacial score (nSPS) is 11.6. The van der Waals surface area contributed by atoms with Crippen molar-refractivity contribution in [2.24, 2.45) is 0 Å². The molecule has 0 aliphatic carbocycles. The molecule has 0 bridgehead atoms. The fourth-order valence-corrected chi connectivity index (χ4v) is 3.79. The Hall–Kier alpha value is -3.99. The first kappa shape index (κ1) is 15.1. The van der Waals surface area contributed by atoms with Crippen LogP contribution in [0.15, 0.2) is 90.1 Å². The Labute approximate surface area is 159 Å². The molecule has 0 aliphatic rings. The van der Waals surface area contributed by atoms with E-state index in [9.17, 15) is 0 Å². The third-order valence-corrected chi connectivity index (χ3v) is 5.08. The molecular formula is C23H14N4O. The Morgan fingerprint density at radius 1 is 0.786 bits per heavy atom. The van der Waals surface area contributed by atoms with Gasteiger partial charge in [-0.1, -0.05) is 18.2 Å². The van der Waals surface area contributed by atoms with Gasteiger partial charge in [0.1, 0.15) is 5.58 Å². The lowest BCUT2D eigenvalue weighted by molar-refractivity contribution is 0.616. The van der Waals surface area contributed by atoms with E-state index < -0.39 is 0 Å². The monoisotopic (exact) mass is 362 g/mol. The SMILES string of the molecule is c1ccc2c(c1)c1cc3ccoc3cc1n2-c1cnc(-c2ccncc2)nc1. The van der Waals surface area contributed by atoms with Gasteiger partial charge in [-0.15, -0.1) is 0 Å². The van der Waals surface area contributed by atoms with Crippen molar-refractivity contribution in [2.45, 2.75) is 0 Å². The molecule has 6 rings (SSSR count). The molecule has 0 saturated carbocycles. The second-order valence-electron chi connectivity index (χ2n) is 6.68. The van der Waals surface area contributed by atoms with E-state index >= 15 is 0 Å². The van der Waals surface area contributed by atoms with E-state index in [0.29, 0.717) is 5.82 Å². The first-order valence-electron chi connectivity index (χ1n) is 9.02. The van der Waals surface area contributed by atoms with Gasteiger partial charge in [-0.3, -0.25) is 4.98 Å². The van der Waals surface area contributed by atoms with Crippen LogP contribution in [0.2, 0.25) is 0 Å². The summed E-state index contributed by atoms with van der Waals surface area (Å²) in [5, 5.41) is 3.47. The molecule has 2 aromatic carbocycles. The molecule has 0 fully saturated rings. The summed E-state index contributed by atoms with van der Waals surface area (Å²) in [4.78, 5) is 13.2. The fraction of sp³-hybridized carbons (Fsp3) is 0. The second kappa shape index (κ2) is 5.76. The van der Waals surface area contributed by atoms with Gasteiger partial charge in [-0.25, -0.2) is 9.97 Å². The minimum absolute atomic E-state index is 0.681. The summed E-state index contributed by atoms with van der Waals surface area (Å²) < 4.78 is 7.82. The highest BCUT2D eigenvalue weighted by Crippen LogP contribution is 2.34. The molecule has 6 aromatic rings. The average molecular weight is 362 g/mol. The standard InChI is InChI=1S/C23H14N4O/c1-2-4-20-18(3-1)19-11-16-7-10-28-22(16)12-21(19)27(20)17-13-25-23(26-14-17)15-5-8-24-9-6-15/h1-14H. The van der Waals surface area contributed by atoms with E-state index in [1.54, 1.807) is 18.7 Å². The molecule has 4 heterocycles. The first-order chi connectivity index (χ1) is 13.9. The molecule has 5 nitrogen and oxygen atoms in total. The van der Waals surface area contributed by atoms with Crippen LogP contribution in [0.25, 0.3) is 49.9 Å². The van der Waals surface area contributed by atoms with Crippen molar-refractivity contribution in [3.8, 4) is 17.1 Å². The van der Waals surface area contributed by atoms with Crippen molar-refractivity contribution in [2.75, 3.05) is 0 Å². The van der Waals surface area contributed by atoms with E-state index in [2.05, 4.69) is 49.9 Å². The van der Waals surface area contributed by atoms with Crippen LogP contribution >= 0.6 is 0 Å². The van der Waals surface area contributed by atoms with Crippen LogP contribution in [0.1, 0.15) is 0 Å². The minimum Gasteiger partial charge on any atom is -0.464 e. The second-order valence-corrected chi connectivity index (χ2v) is 6.68. The van der Waals surface area contributed by atoms with E-state index in [1.165, 1.54) is 10.8 Å². The zero-order valence-corrected chi connectivity index (χ0v) is 14.8. The molecule has 0 spiro atoms. The van der Waals surface area contributed by atoms with Gasteiger partial charge < -0.3 is 8.98 Å². The number of rotatable bonds is 2. The summed E-state index contributed by atoms with van der Waals surface area (Å²) in [5.74, 6) is 0.681. The van der Waals surface area contributed by atoms with Gasteiger partial charge in [0.15, 0.2) is 5.82 Å². The Balaban J connectivity index is 1.62. The highest BCUT2D eigenvalue weighted by Gasteiger charge is 2.14. The van der Waals surface area contributed by atoms with Crippen molar-refractivity contribution in [3.63, 3.8) is 0 Å². The number of furan rings is 1. The molecule has 0 aliphatic heterocycles. The largest absolute Gasteiger partial charge is 0.464 e. The van der Waals surface area contributed by atoms with Crippen LogP contribution in [-0.4, -0.2) is 19.5 Å². The van der Waals surface area contributed by atoms with Gasteiger partial charge in [0.05, 0.1) is 35.4 Å². The fourth-order valence-electron chi connectivity index (χ4n) is 3.79. The number of hydrogen-bond acceptors (Lipinski definition) is 4. The molecule has 5 heteroatoms. The van der Waals surface area contributed by atoms with Crippen LogP contribution in [0.4, 0.5) is 0 Å². The molecule has 0 unspecified atom stereocenters. The summed E-state index contributed by atoms with van der Waals surface area (Å²) in [5.41, 5.74) is 4.91. The van der Waals surface area contributed by atoms with Crippen molar-refractivity contribution < 1.29 is 4.42 Å². The third-order valence-electron chi connectivity index (χ3n) is 5.08. The molecule has 0 saturated heterocycles. The summed E-state index contributed by atoms with van der Waals surface area (Å²) in [7, 11) is 0. The smallest absolute Gasteiger partial charge is 0.159 e. The highest BCUT2D eigenvalue weighted by molar-refractivity contribution is 6.12. The number of hydrogen-bond donors (Lipinski definition) is 0. The predicted octanol–water partition coefficient (Wildman–Crippen LogP) is 5.38. The lowest BCUT2D eigenvalue weighted by Gasteiger charge is -2.08. The molecule has 0 amide bonds. The average Bonchev–Trinajstić information content (AvgIpc) is 3.35. The zero-order chi connectivity index (χ0) is 18.5. The number of para-hydroxylation sites is 1. The van der Waals surface area contributed by atoms with Crippen molar-refractivity contribution in [1.82, 2.24) is 19.5 Å². The Morgan fingerprint density at radius 2 is 1.61 bits per heavy atom. The quantitative estimate of drug-likeness (QED) is 0.415. The lowest BCUT2D eigenvalue weighted by Crippen LogP contribution is -1.97. The van der Waals surface area contributed by atoms with Gasteiger partial charge in [0.25, 0.3) is 0 Å². The highest BCUT2D eigenvalue weighted by atomic mass is 16.3.